The maximum Gasteiger partial charge on any atom is 0.322 e. The maximum atomic E-state index is 13.3. The van der Waals surface area contributed by atoms with Crippen LogP contribution in [0.25, 0.3) is 10.8 Å². The van der Waals surface area contributed by atoms with Crippen molar-refractivity contribution in [1.82, 2.24) is 15.5 Å². The van der Waals surface area contributed by atoms with Crippen LogP contribution in [0.3, 0.4) is 0 Å². The highest BCUT2D eigenvalue weighted by atomic mass is 35.5. The minimum absolute atomic E-state index is 0. The van der Waals surface area contributed by atoms with Crippen LogP contribution in [0.1, 0.15) is 42.5 Å². The van der Waals surface area contributed by atoms with Gasteiger partial charge in [-0.2, -0.15) is 0 Å². The second-order valence-electron chi connectivity index (χ2n) is 10.6. The number of benzene rings is 3. The Balaban J connectivity index is 0.00000423. The van der Waals surface area contributed by atoms with E-state index in [0.717, 1.165) is 23.7 Å². The number of rotatable bonds is 11. The van der Waals surface area contributed by atoms with Gasteiger partial charge in [-0.05, 0) is 61.2 Å². The summed E-state index contributed by atoms with van der Waals surface area (Å²) in [5.74, 6) is 0.0835. The molecule has 3 amide bonds. The van der Waals surface area contributed by atoms with Crippen LogP contribution in [0.15, 0.2) is 59.5 Å². The number of carbonyl (C=O) groups is 3. The highest BCUT2D eigenvalue weighted by molar-refractivity contribution is 7.92. The highest BCUT2D eigenvalue weighted by Gasteiger charge is 2.47. The summed E-state index contributed by atoms with van der Waals surface area (Å²) in [6.07, 6.45) is 2.72. The quantitative estimate of drug-likeness (QED) is 0.163. The second-order valence-corrected chi connectivity index (χ2v) is 12.3. The van der Waals surface area contributed by atoms with Gasteiger partial charge in [0.05, 0.1) is 30.4 Å². The van der Waals surface area contributed by atoms with Crippen molar-refractivity contribution in [1.29, 1.82) is 0 Å². The molecule has 2 aliphatic heterocycles. The van der Waals surface area contributed by atoms with Gasteiger partial charge in [-0.15, -0.1) is 12.4 Å². The highest BCUT2D eigenvalue weighted by Crippen LogP contribution is 2.35. The second kappa shape index (κ2) is 13.2. The van der Waals surface area contributed by atoms with Crippen LogP contribution >= 0.6 is 12.4 Å². The molecule has 2 aliphatic rings. The Kier molecular flexibility index (Phi) is 9.83. The van der Waals surface area contributed by atoms with Gasteiger partial charge in [-0.25, -0.2) is 13.2 Å². The topological polar surface area (TPSA) is 143 Å². The molecule has 3 aromatic rings. The van der Waals surface area contributed by atoms with Gasteiger partial charge in [0, 0.05) is 25.6 Å². The fourth-order valence-corrected chi connectivity index (χ4v) is 6.63. The Bertz CT molecular complexity index is 1640. The number of imide groups is 1. The molecule has 0 bridgehead atoms. The summed E-state index contributed by atoms with van der Waals surface area (Å²) in [6.45, 7) is 2.11. The Morgan fingerprint density at radius 3 is 2.30 bits per heavy atom. The van der Waals surface area contributed by atoms with Crippen molar-refractivity contribution >= 4 is 56.6 Å². The van der Waals surface area contributed by atoms with E-state index in [-0.39, 0.29) is 52.4 Å². The van der Waals surface area contributed by atoms with Gasteiger partial charge in [0.25, 0.3) is 15.9 Å². The van der Waals surface area contributed by atoms with Gasteiger partial charge in [-0.1, -0.05) is 30.3 Å². The first kappa shape index (κ1) is 32.1. The zero-order valence-electron chi connectivity index (χ0n) is 24.0. The number of urea groups is 1. The minimum atomic E-state index is -3.98. The Labute approximate surface area is 256 Å². The van der Waals surface area contributed by atoms with Gasteiger partial charge in [-0.3, -0.25) is 19.6 Å². The molecule has 0 saturated carbocycles. The Morgan fingerprint density at radius 2 is 1.65 bits per heavy atom. The molecule has 13 heteroatoms. The molecule has 0 radical (unpaired) electrons. The zero-order valence-corrected chi connectivity index (χ0v) is 25.6. The SMILES string of the molecule is COc1cc(OC)c(C(=O)CCCCN2CCC3(CC2)NC(=O)NC3=O)cc1NS(=O)(=O)c1ccc2ccccc2c1.Cl. The molecule has 5 rings (SSSR count). The first-order valence-corrected chi connectivity index (χ1v) is 15.3. The number of ether oxygens (including phenoxy) is 2. The lowest BCUT2D eigenvalue weighted by Gasteiger charge is -2.36. The summed E-state index contributed by atoms with van der Waals surface area (Å²) in [6, 6.07) is 14.9. The monoisotopic (exact) mass is 630 g/mol. The third-order valence-electron chi connectivity index (χ3n) is 7.95. The van der Waals surface area contributed by atoms with Crippen molar-refractivity contribution in [3.8, 4) is 11.5 Å². The Hall–Kier alpha value is -3.87. The molecule has 0 unspecified atom stereocenters. The van der Waals surface area contributed by atoms with Gasteiger partial charge in [0.15, 0.2) is 5.78 Å². The van der Waals surface area contributed by atoms with E-state index >= 15 is 0 Å². The first-order valence-electron chi connectivity index (χ1n) is 13.8. The lowest BCUT2D eigenvalue weighted by Crippen LogP contribution is -2.54. The van der Waals surface area contributed by atoms with E-state index in [4.69, 9.17) is 9.47 Å². The number of anilines is 1. The number of sulfonamides is 1. The lowest BCUT2D eigenvalue weighted by molar-refractivity contribution is -0.125. The molecule has 2 fully saturated rings. The number of hydrogen-bond donors (Lipinski definition) is 3. The minimum Gasteiger partial charge on any atom is -0.496 e. The smallest absolute Gasteiger partial charge is 0.322 e. The van der Waals surface area contributed by atoms with Crippen molar-refractivity contribution in [3.63, 3.8) is 0 Å². The summed E-state index contributed by atoms with van der Waals surface area (Å²) in [5.41, 5.74) is -0.403. The van der Waals surface area contributed by atoms with Gasteiger partial charge in [0.1, 0.15) is 17.0 Å². The molecule has 0 aromatic heterocycles. The molecule has 3 N–H and O–H groups in total. The molecule has 2 heterocycles. The van der Waals surface area contributed by atoms with E-state index in [1.54, 1.807) is 12.1 Å². The fourth-order valence-electron chi connectivity index (χ4n) is 5.53. The van der Waals surface area contributed by atoms with Crippen LogP contribution in [0.4, 0.5) is 10.5 Å². The van der Waals surface area contributed by atoms with E-state index in [2.05, 4.69) is 20.3 Å². The van der Waals surface area contributed by atoms with E-state index < -0.39 is 21.6 Å². The number of amides is 3. The van der Waals surface area contributed by atoms with Crippen molar-refractivity contribution in [2.75, 3.05) is 38.6 Å². The average molecular weight is 631 g/mol. The number of nitrogens with zero attached hydrogens (tertiary/aromatic N) is 1. The largest absolute Gasteiger partial charge is 0.496 e. The van der Waals surface area contributed by atoms with E-state index in [1.807, 2.05) is 24.3 Å². The summed E-state index contributed by atoms with van der Waals surface area (Å²) < 4.78 is 40.0. The van der Waals surface area contributed by atoms with Gasteiger partial charge in [0.2, 0.25) is 0 Å². The molecule has 2 saturated heterocycles. The van der Waals surface area contributed by atoms with Crippen molar-refractivity contribution in [3.05, 3.63) is 60.2 Å². The molecule has 230 valence electrons. The van der Waals surface area contributed by atoms with Crippen LogP contribution in [0.2, 0.25) is 0 Å². The number of halogens is 1. The number of likely N-dealkylation sites (tertiary alicyclic amines) is 1. The van der Waals surface area contributed by atoms with Crippen LogP contribution in [0.5, 0.6) is 11.5 Å². The van der Waals surface area contributed by atoms with Crippen LogP contribution in [-0.2, 0) is 14.8 Å². The summed E-state index contributed by atoms with van der Waals surface area (Å²) >= 11 is 0. The number of piperidine rings is 1. The molecular formula is C30H35ClN4O7S. The average Bonchev–Trinajstić information content (AvgIpc) is 3.26. The van der Waals surface area contributed by atoms with Gasteiger partial charge < -0.3 is 19.7 Å². The number of ketones is 1. The van der Waals surface area contributed by atoms with E-state index in [1.165, 1.54) is 32.4 Å². The number of carbonyl (C=O) groups excluding carboxylic acids is 3. The molecule has 0 aliphatic carbocycles. The number of nitrogens with one attached hydrogen (secondary N) is 3. The van der Waals surface area contributed by atoms with Crippen LogP contribution in [0, 0.1) is 0 Å². The van der Waals surface area contributed by atoms with Crippen molar-refractivity contribution < 1.29 is 32.3 Å². The molecule has 43 heavy (non-hydrogen) atoms. The maximum absolute atomic E-state index is 13.3. The van der Waals surface area contributed by atoms with E-state index in [0.29, 0.717) is 38.1 Å². The van der Waals surface area contributed by atoms with Crippen molar-refractivity contribution in [2.45, 2.75) is 42.5 Å². The number of fused-ring (bicyclic) bond motifs is 1. The fraction of sp³-hybridized carbons (Fsp3) is 0.367. The predicted molar refractivity (Wildman–Crippen MR) is 165 cm³/mol. The molecule has 3 aromatic carbocycles. The number of unbranched alkanes of at least 4 members (excludes halogenated alkanes) is 1. The summed E-state index contributed by atoms with van der Waals surface area (Å²) in [7, 11) is -1.12. The van der Waals surface area contributed by atoms with E-state index in [9.17, 15) is 22.8 Å². The standard InChI is InChI=1S/C30H34N4O7S.ClH/c1-40-26-19-27(41-2)24(33-42(38,39)22-11-10-20-7-3-4-8-21(20)17-22)18-23(26)25(35)9-5-6-14-34-15-12-30(13-16-34)28(36)31-29(37)32-30;/h3-4,7-8,10-11,17-19,33H,5-6,9,12-16H2,1-2H3,(H2,31,32,36,37);1H. The third-order valence-corrected chi connectivity index (χ3v) is 9.31. The predicted octanol–water partition coefficient (Wildman–Crippen LogP) is 4.11. The summed E-state index contributed by atoms with van der Waals surface area (Å²) in [4.78, 5) is 39.2. The summed E-state index contributed by atoms with van der Waals surface area (Å²) in [5, 5.41) is 6.79. The first-order chi connectivity index (χ1) is 20.1. The normalized spacial score (nSPS) is 16.3. The number of Topliss-reactive ketones (excluding diaryl/α,β-unsaturated/α-hetero) is 1. The molecule has 0 atom stereocenters. The third kappa shape index (κ3) is 6.87. The molecule has 11 nitrogen and oxygen atoms in total. The zero-order chi connectivity index (χ0) is 29.9. The van der Waals surface area contributed by atoms with Crippen molar-refractivity contribution in [2.24, 2.45) is 0 Å². The Morgan fingerprint density at radius 1 is 0.953 bits per heavy atom. The molecular weight excluding hydrogens is 596 g/mol. The van der Waals surface area contributed by atoms with Gasteiger partial charge >= 0.3 is 6.03 Å². The van der Waals surface area contributed by atoms with Crippen LogP contribution < -0.4 is 24.8 Å². The lowest BCUT2D eigenvalue weighted by atomic mass is 9.87. The number of hydrogen-bond acceptors (Lipinski definition) is 8. The molecule has 1 spiro atoms. The van der Waals surface area contributed by atoms with Crippen LogP contribution in [-0.4, -0.2) is 70.4 Å². The number of methoxy groups -OCH3 is 2.